The van der Waals surface area contributed by atoms with Gasteiger partial charge in [-0.2, -0.15) is 0 Å². The SMILES string of the molecule is CCNC(=NCc1ccc(N2CCC(C)CC2)nc1)NCCCN1CCCC1=O.I. The van der Waals surface area contributed by atoms with Gasteiger partial charge in [0.25, 0.3) is 0 Å². The second kappa shape index (κ2) is 13.0. The van der Waals surface area contributed by atoms with Gasteiger partial charge >= 0.3 is 0 Å². The first-order valence-electron chi connectivity index (χ1n) is 11.2. The van der Waals surface area contributed by atoms with Crippen LogP contribution in [0.4, 0.5) is 5.82 Å². The minimum atomic E-state index is 0. The molecule has 1 aromatic rings. The zero-order valence-electron chi connectivity index (χ0n) is 18.4. The zero-order valence-corrected chi connectivity index (χ0v) is 20.7. The lowest BCUT2D eigenvalue weighted by molar-refractivity contribution is -0.127. The number of anilines is 1. The van der Waals surface area contributed by atoms with Crippen molar-refractivity contribution in [2.24, 2.45) is 10.9 Å². The topological polar surface area (TPSA) is 72.9 Å². The van der Waals surface area contributed by atoms with E-state index in [1.807, 2.05) is 11.1 Å². The first-order valence-corrected chi connectivity index (χ1v) is 11.2. The van der Waals surface area contributed by atoms with Crippen LogP contribution < -0.4 is 15.5 Å². The van der Waals surface area contributed by atoms with Crippen LogP contribution in [0.1, 0.15) is 51.5 Å². The predicted molar refractivity (Wildman–Crippen MR) is 134 cm³/mol. The highest BCUT2D eigenvalue weighted by Gasteiger charge is 2.19. The van der Waals surface area contributed by atoms with Crippen molar-refractivity contribution in [2.45, 2.75) is 52.5 Å². The van der Waals surface area contributed by atoms with Gasteiger partial charge in [0, 0.05) is 51.9 Å². The Morgan fingerprint density at radius 1 is 1.23 bits per heavy atom. The van der Waals surface area contributed by atoms with Gasteiger partial charge in [-0.3, -0.25) is 4.79 Å². The van der Waals surface area contributed by atoms with E-state index in [1.165, 1.54) is 12.8 Å². The third-order valence-electron chi connectivity index (χ3n) is 5.75. The van der Waals surface area contributed by atoms with Crippen LogP contribution in [-0.2, 0) is 11.3 Å². The standard InChI is InChI=1S/C22H36N6O.HI/c1-3-23-22(24-11-5-13-28-12-4-6-21(28)29)26-17-19-7-8-20(25-16-19)27-14-9-18(2)10-15-27;/h7-8,16,18H,3-6,9-15,17H2,1-2H3,(H2,23,24,26);1H. The van der Waals surface area contributed by atoms with Gasteiger partial charge in [-0.15, -0.1) is 24.0 Å². The molecule has 0 bridgehead atoms. The van der Waals surface area contributed by atoms with Gasteiger partial charge in [-0.1, -0.05) is 13.0 Å². The maximum absolute atomic E-state index is 11.7. The molecule has 3 rings (SSSR count). The molecular formula is C22H37IN6O. The lowest BCUT2D eigenvalue weighted by Gasteiger charge is -2.31. The van der Waals surface area contributed by atoms with Crippen molar-refractivity contribution in [3.8, 4) is 0 Å². The first-order chi connectivity index (χ1) is 14.2. The smallest absolute Gasteiger partial charge is 0.222 e. The number of hydrogen-bond donors (Lipinski definition) is 2. The van der Waals surface area contributed by atoms with Crippen LogP contribution in [0, 0.1) is 5.92 Å². The predicted octanol–water partition coefficient (Wildman–Crippen LogP) is 3.00. The molecule has 168 valence electrons. The number of amides is 1. The van der Waals surface area contributed by atoms with Crippen LogP contribution in [0.15, 0.2) is 23.3 Å². The van der Waals surface area contributed by atoms with Crippen molar-refractivity contribution in [3.05, 3.63) is 23.9 Å². The van der Waals surface area contributed by atoms with Crippen molar-refractivity contribution >= 4 is 41.7 Å². The number of carbonyl (C=O) groups excluding carboxylic acids is 1. The van der Waals surface area contributed by atoms with E-state index in [1.54, 1.807) is 0 Å². The average Bonchev–Trinajstić information content (AvgIpc) is 3.15. The van der Waals surface area contributed by atoms with Gasteiger partial charge in [0.15, 0.2) is 5.96 Å². The molecule has 7 nitrogen and oxygen atoms in total. The van der Waals surface area contributed by atoms with E-state index in [0.717, 1.165) is 75.4 Å². The number of piperidine rings is 1. The summed E-state index contributed by atoms with van der Waals surface area (Å²) in [6.07, 6.45) is 7.08. The van der Waals surface area contributed by atoms with Crippen molar-refractivity contribution in [2.75, 3.05) is 44.2 Å². The van der Waals surface area contributed by atoms with Gasteiger partial charge in [0.2, 0.25) is 5.91 Å². The molecule has 2 N–H and O–H groups in total. The molecule has 3 heterocycles. The Morgan fingerprint density at radius 3 is 2.67 bits per heavy atom. The lowest BCUT2D eigenvalue weighted by atomic mass is 9.99. The molecule has 8 heteroatoms. The van der Waals surface area contributed by atoms with E-state index in [9.17, 15) is 4.79 Å². The van der Waals surface area contributed by atoms with Crippen molar-refractivity contribution in [1.82, 2.24) is 20.5 Å². The van der Waals surface area contributed by atoms with E-state index in [-0.39, 0.29) is 24.0 Å². The molecule has 2 saturated heterocycles. The molecule has 1 aromatic heterocycles. The fourth-order valence-corrected chi connectivity index (χ4v) is 3.86. The molecule has 1 amide bonds. The third kappa shape index (κ3) is 7.59. The number of aromatic nitrogens is 1. The summed E-state index contributed by atoms with van der Waals surface area (Å²) in [5.41, 5.74) is 1.11. The summed E-state index contributed by atoms with van der Waals surface area (Å²) in [6.45, 7) is 10.6. The van der Waals surface area contributed by atoms with Crippen molar-refractivity contribution in [3.63, 3.8) is 0 Å². The van der Waals surface area contributed by atoms with Gasteiger partial charge in [0.1, 0.15) is 5.82 Å². The number of rotatable bonds is 8. The molecule has 0 saturated carbocycles. The highest BCUT2D eigenvalue weighted by Crippen LogP contribution is 2.21. The van der Waals surface area contributed by atoms with Crippen LogP contribution in [0.2, 0.25) is 0 Å². The summed E-state index contributed by atoms with van der Waals surface area (Å²) in [5.74, 6) is 3.01. The molecule has 2 aliphatic heterocycles. The Morgan fingerprint density at radius 2 is 2.03 bits per heavy atom. The molecule has 30 heavy (non-hydrogen) atoms. The summed E-state index contributed by atoms with van der Waals surface area (Å²) in [4.78, 5) is 25.3. The van der Waals surface area contributed by atoms with Gasteiger partial charge in [-0.05, 0) is 50.2 Å². The number of nitrogens with zero attached hydrogens (tertiary/aromatic N) is 4. The van der Waals surface area contributed by atoms with Gasteiger partial charge in [0.05, 0.1) is 6.54 Å². The Balaban J connectivity index is 0.00000320. The van der Waals surface area contributed by atoms with Crippen LogP contribution in [0.5, 0.6) is 0 Å². The summed E-state index contributed by atoms with van der Waals surface area (Å²) in [5, 5.41) is 6.66. The largest absolute Gasteiger partial charge is 0.357 e. The van der Waals surface area contributed by atoms with E-state index in [0.29, 0.717) is 18.9 Å². The number of guanidine groups is 1. The summed E-state index contributed by atoms with van der Waals surface area (Å²) < 4.78 is 0. The average molecular weight is 528 g/mol. The highest BCUT2D eigenvalue weighted by atomic mass is 127. The molecule has 0 aromatic carbocycles. The van der Waals surface area contributed by atoms with E-state index in [2.05, 4.69) is 51.5 Å². The number of halogens is 1. The Bertz CT molecular complexity index is 673. The van der Waals surface area contributed by atoms with Crippen LogP contribution in [0.25, 0.3) is 0 Å². The second-order valence-electron chi connectivity index (χ2n) is 8.15. The van der Waals surface area contributed by atoms with Crippen molar-refractivity contribution in [1.29, 1.82) is 0 Å². The van der Waals surface area contributed by atoms with Crippen LogP contribution in [0.3, 0.4) is 0 Å². The number of carbonyl (C=O) groups is 1. The number of nitrogens with one attached hydrogen (secondary N) is 2. The summed E-state index contributed by atoms with van der Waals surface area (Å²) in [6, 6.07) is 4.25. The van der Waals surface area contributed by atoms with Gasteiger partial charge < -0.3 is 20.4 Å². The summed E-state index contributed by atoms with van der Waals surface area (Å²) >= 11 is 0. The van der Waals surface area contributed by atoms with Crippen molar-refractivity contribution < 1.29 is 4.79 Å². The normalized spacial score (nSPS) is 17.8. The fraction of sp³-hybridized carbons (Fsp3) is 0.682. The molecule has 2 aliphatic rings. The Hall–Kier alpha value is -1.58. The zero-order chi connectivity index (χ0) is 20.5. The number of hydrogen-bond acceptors (Lipinski definition) is 4. The monoisotopic (exact) mass is 528 g/mol. The van der Waals surface area contributed by atoms with E-state index >= 15 is 0 Å². The van der Waals surface area contributed by atoms with Gasteiger partial charge in [-0.25, -0.2) is 9.98 Å². The second-order valence-corrected chi connectivity index (χ2v) is 8.15. The minimum Gasteiger partial charge on any atom is -0.357 e. The maximum Gasteiger partial charge on any atom is 0.222 e. The molecule has 0 unspecified atom stereocenters. The molecule has 0 aliphatic carbocycles. The molecule has 0 spiro atoms. The summed E-state index contributed by atoms with van der Waals surface area (Å²) in [7, 11) is 0. The molecule has 0 radical (unpaired) electrons. The number of aliphatic imine (C=N–C) groups is 1. The lowest BCUT2D eigenvalue weighted by Crippen LogP contribution is -2.39. The van der Waals surface area contributed by atoms with E-state index < -0.39 is 0 Å². The maximum atomic E-state index is 11.7. The molecule has 0 atom stereocenters. The minimum absolute atomic E-state index is 0. The quantitative estimate of drug-likeness (QED) is 0.235. The third-order valence-corrected chi connectivity index (χ3v) is 5.75. The molecular weight excluding hydrogens is 491 g/mol. The number of likely N-dealkylation sites (tertiary alicyclic amines) is 1. The molecule has 2 fully saturated rings. The van der Waals surface area contributed by atoms with Crippen LogP contribution in [-0.4, -0.2) is 61.0 Å². The van der Waals surface area contributed by atoms with Crippen LogP contribution >= 0.6 is 24.0 Å². The highest BCUT2D eigenvalue weighted by molar-refractivity contribution is 14.0. The Kier molecular flexibility index (Phi) is 10.7. The fourth-order valence-electron chi connectivity index (χ4n) is 3.86. The first kappa shape index (κ1) is 24.7. The Labute approximate surface area is 198 Å². The van der Waals surface area contributed by atoms with E-state index in [4.69, 9.17) is 0 Å². The number of pyridine rings is 1.